The summed E-state index contributed by atoms with van der Waals surface area (Å²) in [6.07, 6.45) is 2.63. The predicted molar refractivity (Wildman–Crippen MR) is 120 cm³/mol. The van der Waals surface area contributed by atoms with Crippen LogP contribution in [0, 0.1) is 17.7 Å². The maximum Gasteiger partial charge on any atom is 0.255 e. The number of nitrogens with one attached hydrogen (secondary N) is 1. The summed E-state index contributed by atoms with van der Waals surface area (Å²) in [4.78, 5) is 33.5. The molecule has 9 heteroatoms. The predicted octanol–water partition coefficient (Wildman–Crippen LogP) is 2.43. The maximum atomic E-state index is 14.2. The lowest BCUT2D eigenvalue weighted by Crippen LogP contribution is -2.36. The van der Waals surface area contributed by atoms with E-state index in [2.05, 4.69) is 24.8 Å². The van der Waals surface area contributed by atoms with Gasteiger partial charge in [-0.15, -0.1) is 0 Å². The van der Waals surface area contributed by atoms with Crippen LogP contribution in [0.15, 0.2) is 53.6 Å². The third kappa shape index (κ3) is 2.88. The number of halogens is 1. The van der Waals surface area contributed by atoms with Crippen molar-refractivity contribution in [1.82, 2.24) is 24.5 Å². The SMILES string of the molecule is CN(c1nc(-c2ccncc2F)cc(=O)n1C)[C@@H]1[C@@H]2CN(c3nc4ccccc4[nH]3)C[C@@H]21. The number of aromatic amines is 1. The Balaban J connectivity index is 1.24. The lowest BCUT2D eigenvalue weighted by molar-refractivity contribution is 0.623. The third-order valence-corrected chi connectivity index (χ3v) is 6.75. The molecule has 0 spiro atoms. The first-order valence-corrected chi connectivity index (χ1v) is 10.6. The summed E-state index contributed by atoms with van der Waals surface area (Å²) in [5.74, 6) is 1.88. The molecule has 2 aliphatic rings. The smallest absolute Gasteiger partial charge is 0.255 e. The molecular formula is C23H22FN7O. The van der Waals surface area contributed by atoms with Gasteiger partial charge in [0.25, 0.3) is 5.56 Å². The molecule has 6 rings (SSSR count). The van der Waals surface area contributed by atoms with Crippen molar-refractivity contribution < 1.29 is 4.39 Å². The summed E-state index contributed by atoms with van der Waals surface area (Å²) in [5.41, 5.74) is 2.39. The average molecular weight is 431 g/mol. The Kier molecular flexibility index (Phi) is 4.08. The molecular weight excluding hydrogens is 409 g/mol. The summed E-state index contributed by atoms with van der Waals surface area (Å²) in [5, 5.41) is 0. The molecule has 162 valence electrons. The minimum atomic E-state index is -0.494. The summed E-state index contributed by atoms with van der Waals surface area (Å²) in [7, 11) is 3.66. The van der Waals surface area contributed by atoms with Gasteiger partial charge in [-0.3, -0.25) is 14.3 Å². The molecule has 4 heterocycles. The molecule has 0 radical (unpaired) electrons. The fraction of sp³-hybridized carbons (Fsp3) is 0.304. The molecule has 3 atom stereocenters. The summed E-state index contributed by atoms with van der Waals surface area (Å²) in [6.45, 7) is 1.79. The first kappa shape index (κ1) is 19.0. The van der Waals surface area contributed by atoms with Crippen LogP contribution in [0.2, 0.25) is 0 Å². The number of para-hydroxylation sites is 2. The van der Waals surface area contributed by atoms with E-state index in [1.807, 2.05) is 31.3 Å². The monoisotopic (exact) mass is 431 g/mol. The summed E-state index contributed by atoms with van der Waals surface area (Å²) >= 11 is 0. The average Bonchev–Trinajstić information content (AvgIpc) is 3.13. The van der Waals surface area contributed by atoms with Crippen LogP contribution in [0.1, 0.15) is 0 Å². The second-order valence-corrected chi connectivity index (χ2v) is 8.61. The molecule has 32 heavy (non-hydrogen) atoms. The molecule has 1 aromatic carbocycles. The lowest BCUT2D eigenvalue weighted by Gasteiger charge is -2.26. The Morgan fingerprint density at radius 1 is 1.16 bits per heavy atom. The Morgan fingerprint density at radius 3 is 2.69 bits per heavy atom. The molecule has 1 aliphatic heterocycles. The van der Waals surface area contributed by atoms with Crippen molar-refractivity contribution in [3.8, 4) is 11.3 Å². The van der Waals surface area contributed by atoms with Crippen molar-refractivity contribution in [2.75, 3.05) is 29.9 Å². The van der Waals surface area contributed by atoms with Gasteiger partial charge in [-0.2, -0.15) is 0 Å². The largest absolute Gasteiger partial charge is 0.342 e. The number of piperidine rings is 1. The van der Waals surface area contributed by atoms with Crippen LogP contribution in [0.5, 0.6) is 0 Å². The molecule has 2 fully saturated rings. The van der Waals surface area contributed by atoms with E-state index < -0.39 is 5.82 Å². The molecule has 1 saturated carbocycles. The van der Waals surface area contributed by atoms with Crippen molar-refractivity contribution >= 4 is 22.9 Å². The van der Waals surface area contributed by atoms with Gasteiger partial charge in [0.2, 0.25) is 11.9 Å². The second-order valence-electron chi connectivity index (χ2n) is 8.61. The van der Waals surface area contributed by atoms with Gasteiger partial charge in [-0.25, -0.2) is 14.4 Å². The zero-order valence-electron chi connectivity index (χ0n) is 17.7. The Morgan fingerprint density at radius 2 is 1.94 bits per heavy atom. The van der Waals surface area contributed by atoms with Crippen molar-refractivity contribution in [1.29, 1.82) is 0 Å². The highest BCUT2D eigenvalue weighted by atomic mass is 19.1. The molecule has 3 aromatic heterocycles. The van der Waals surface area contributed by atoms with E-state index in [-0.39, 0.29) is 17.2 Å². The topological polar surface area (TPSA) is 82.9 Å². The van der Waals surface area contributed by atoms with Gasteiger partial charge in [0.05, 0.1) is 22.9 Å². The van der Waals surface area contributed by atoms with E-state index in [0.717, 1.165) is 36.3 Å². The van der Waals surface area contributed by atoms with Crippen molar-refractivity contribution in [2.45, 2.75) is 6.04 Å². The standard InChI is InChI=1S/C23H22FN7O/c1-29-20(32)9-19(13-7-8-25-10-16(13)24)28-23(29)30(2)21-14-11-31(12-15(14)21)22-26-17-5-3-4-6-18(17)27-22/h3-10,14-15,21H,11-12H2,1-2H3,(H,26,27)/t14-,15+,21-. The summed E-state index contributed by atoms with van der Waals surface area (Å²) < 4.78 is 15.8. The van der Waals surface area contributed by atoms with E-state index in [9.17, 15) is 9.18 Å². The number of H-pyrrole nitrogens is 1. The second kappa shape index (κ2) is 6.88. The number of anilines is 2. The molecule has 4 aromatic rings. The molecule has 0 unspecified atom stereocenters. The first-order chi connectivity index (χ1) is 15.5. The number of imidazole rings is 1. The number of rotatable bonds is 4. The number of aromatic nitrogens is 5. The molecule has 8 nitrogen and oxygen atoms in total. The van der Waals surface area contributed by atoms with Gasteiger partial charge in [-0.05, 0) is 18.2 Å². The van der Waals surface area contributed by atoms with E-state index in [1.54, 1.807) is 7.05 Å². The van der Waals surface area contributed by atoms with E-state index >= 15 is 0 Å². The number of fused-ring (bicyclic) bond motifs is 2. The number of pyridine rings is 1. The normalized spacial score (nSPS) is 21.7. The van der Waals surface area contributed by atoms with Crippen LogP contribution in [0.3, 0.4) is 0 Å². The van der Waals surface area contributed by atoms with Crippen molar-refractivity contribution in [3.05, 3.63) is 65.0 Å². The minimum Gasteiger partial charge on any atom is -0.342 e. The van der Waals surface area contributed by atoms with Gasteiger partial charge < -0.3 is 14.8 Å². The van der Waals surface area contributed by atoms with Crippen LogP contribution in [-0.2, 0) is 7.05 Å². The lowest BCUT2D eigenvalue weighted by atomic mass is 10.2. The van der Waals surface area contributed by atoms with E-state index in [0.29, 0.717) is 23.5 Å². The third-order valence-electron chi connectivity index (χ3n) is 6.75. The number of hydrogen-bond acceptors (Lipinski definition) is 6. The van der Waals surface area contributed by atoms with Crippen LogP contribution < -0.4 is 15.4 Å². The molecule has 1 N–H and O–H groups in total. The van der Waals surface area contributed by atoms with Gasteiger partial charge in [0, 0.05) is 62.9 Å². The number of benzene rings is 1. The summed E-state index contributed by atoms with van der Waals surface area (Å²) in [6, 6.07) is 11.2. The van der Waals surface area contributed by atoms with Crippen molar-refractivity contribution in [2.24, 2.45) is 18.9 Å². The van der Waals surface area contributed by atoms with Crippen molar-refractivity contribution in [3.63, 3.8) is 0 Å². The quantitative estimate of drug-likeness (QED) is 0.534. The van der Waals surface area contributed by atoms with Gasteiger partial charge >= 0.3 is 0 Å². The first-order valence-electron chi connectivity index (χ1n) is 10.6. The van der Waals surface area contributed by atoms with Crippen LogP contribution in [0.25, 0.3) is 22.3 Å². The Bertz CT molecular complexity index is 1350. The Hall–Kier alpha value is -3.75. The van der Waals surface area contributed by atoms with Gasteiger partial charge in [0.15, 0.2) is 5.82 Å². The molecule has 1 saturated heterocycles. The highest BCUT2D eigenvalue weighted by Crippen LogP contribution is 2.50. The van der Waals surface area contributed by atoms with Crippen LogP contribution >= 0.6 is 0 Å². The van der Waals surface area contributed by atoms with E-state index in [1.165, 1.54) is 22.9 Å². The van der Waals surface area contributed by atoms with Gasteiger partial charge in [-0.1, -0.05) is 12.1 Å². The zero-order valence-corrected chi connectivity index (χ0v) is 17.7. The maximum absolute atomic E-state index is 14.2. The fourth-order valence-electron chi connectivity index (χ4n) is 5.03. The zero-order chi connectivity index (χ0) is 22.0. The Labute approximate surface area is 183 Å². The molecule has 1 aliphatic carbocycles. The minimum absolute atomic E-state index is 0.220. The van der Waals surface area contributed by atoms with E-state index in [4.69, 9.17) is 4.98 Å². The van der Waals surface area contributed by atoms with Crippen LogP contribution in [0.4, 0.5) is 16.3 Å². The van der Waals surface area contributed by atoms with Gasteiger partial charge in [0.1, 0.15) is 0 Å². The molecule has 0 bridgehead atoms. The number of hydrogen-bond donors (Lipinski definition) is 1. The molecule has 0 amide bonds. The highest BCUT2D eigenvalue weighted by molar-refractivity contribution is 5.77. The number of nitrogens with zero attached hydrogens (tertiary/aromatic N) is 6. The van der Waals surface area contributed by atoms with Crippen LogP contribution in [-0.4, -0.2) is 50.7 Å². The highest BCUT2D eigenvalue weighted by Gasteiger charge is 2.58. The fourth-order valence-corrected chi connectivity index (χ4v) is 5.03.